The molecule has 0 bridgehead atoms. The average molecular weight is 411 g/mol. The minimum atomic E-state index is -0.696. The fraction of sp³-hybridized carbons (Fsp3) is 0.440. The van der Waals surface area contributed by atoms with Crippen molar-refractivity contribution in [2.24, 2.45) is 0 Å². The van der Waals surface area contributed by atoms with E-state index >= 15 is 0 Å². The molecule has 1 atom stereocenters. The van der Waals surface area contributed by atoms with E-state index in [-0.39, 0.29) is 36.1 Å². The lowest BCUT2D eigenvalue weighted by molar-refractivity contribution is -0.137. The number of likely N-dealkylation sites (tertiary alicyclic amines) is 1. The van der Waals surface area contributed by atoms with Gasteiger partial charge in [-0.15, -0.1) is 0 Å². The number of Topliss-reactive ketones (excluding diaryl/α,β-unsaturated/α-hetero) is 1. The third-order valence-electron chi connectivity index (χ3n) is 6.64. The quantitative estimate of drug-likeness (QED) is 0.686. The van der Waals surface area contributed by atoms with E-state index in [1.165, 1.54) is 12.1 Å². The lowest BCUT2D eigenvalue weighted by Crippen LogP contribution is -2.49. The van der Waals surface area contributed by atoms with Crippen molar-refractivity contribution in [2.45, 2.75) is 63.3 Å². The summed E-state index contributed by atoms with van der Waals surface area (Å²) in [7, 11) is 0. The maximum Gasteiger partial charge on any atom is 0.231 e. The van der Waals surface area contributed by atoms with E-state index < -0.39 is 11.6 Å². The van der Waals surface area contributed by atoms with Crippen molar-refractivity contribution in [1.82, 2.24) is 4.90 Å². The molecule has 1 spiro atoms. The molecule has 2 aromatic rings. The number of nitrogens with zero attached hydrogens (tertiary/aromatic N) is 1. The van der Waals surface area contributed by atoms with Crippen LogP contribution in [0, 0.1) is 18.6 Å². The monoisotopic (exact) mass is 411 g/mol. The zero-order valence-corrected chi connectivity index (χ0v) is 17.3. The molecule has 2 fully saturated rings. The van der Waals surface area contributed by atoms with Crippen molar-refractivity contribution >= 4 is 11.7 Å². The van der Waals surface area contributed by atoms with Crippen molar-refractivity contribution in [2.75, 3.05) is 6.54 Å². The molecule has 0 aromatic heterocycles. The van der Waals surface area contributed by atoms with Crippen LogP contribution in [0.3, 0.4) is 0 Å². The van der Waals surface area contributed by atoms with Crippen LogP contribution in [0.4, 0.5) is 8.78 Å². The molecule has 2 aromatic carbocycles. The molecule has 3 nitrogen and oxygen atoms in total. The second kappa shape index (κ2) is 8.29. The van der Waals surface area contributed by atoms with Crippen LogP contribution in [0.5, 0.6) is 0 Å². The Morgan fingerprint density at radius 3 is 2.30 bits per heavy atom. The summed E-state index contributed by atoms with van der Waals surface area (Å²) >= 11 is 0. The summed E-state index contributed by atoms with van der Waals surface area (Å²) < 4.78 is 27.0. The Bertz CT molecular complexity index is 928. The Labute approximate surface area is 176 Å². The summed E-state index contributed by atoms with van der Waals surface area (Å²) in [6, 6.07) is 11.2. The number of hydrogen-bond donors (Lipinski definition) is 0. The topological polar surface area (TPSA) is 37.4 Å². The first-order chi connectivity index (χ1) is 14.4. The van der Waals surface area contributed by atoms with Crippen molar-refractivity contribution in [3.63, 3.8) is 0 Å². The first-order valence-electron chi connectivity index (χ1n) is 10.7. The Kier molecular flexibility index (Phi) is 5.72. The van der Waals surface area contributed by atoms with Gasteiger partial charge in [-0.2, -0.15) is 0 Å². The average Bonchev–Trinajstić information content (AvgIpc) is 2.94. The molecular weight excluding hydrogens is 384 g/mol. The summed E-state index contributed by atoms with van der Waals surface area (Å²) in [6.45, 7) is 2.02. The van der Waals surface area contributed by atoms with Gasteiger partial charge in [0.05, 0.1) is 12.5 Å². The van der Waals surface area contributed by atoms with Gasteiger partial charge in [-0.3, -0.25) is 9.59 Å². The SMILES string of the molecule is Cc1ccc(C2CC3(CCCCC3)N(CC(=O)Cc3cc(F)cc(F)c3)C2=O)cc1. The molecule has 30 heavy (non-hydrogen) atoms. The number of aryl methyl sites for hydroxylation is 1. The number of hydrogen-bond acceptors (Lipinski definition) is 2. The third kappa shape index (κ3) is 4.16. The van der Waals surface area contributed by atoms with E-state index in [4.69, 9.17) is 0 Å². The van der Waals surface area contributed by atoms with Crippen LogP contribution < -0.4 is 0 Å². The van der Waals surface area contributed by atoms with Gasteiger partial charge >= 0.3 is 0 Å². The van der Waals surface area contributed by atoms with Crippen molar-refractivity contribution in [3.05, 3.63) is 70.8 Å². The number of halogens is 2. The van der Waals surface area contributed by atoms with Crippen molar-refractivity contribution in [3.8, 4) is 0 Å². The van der Waals surface area contributed by atoms with Gasteiger partial charge in [0.25, 0.3) is 0 Å². The third-order valence-corrected chi connectivity index (χ3v) is 6.64. The van der Waals surface area contributed by atoms with Gasteiger partial charge in [0.2, 0.25) is 5.91 Å². The normalized spacial score (nSPS) is 20.7. The number of rotatable bonds is 5. The van der Waals surface area contributed by atoms with Gasteiger partial charge in [-0.25, -0.2) is 8.78 Å². The minimum Gasteiger partial charge on any atom is -0.329 e. The molecule has 1 aliphatic carbocycles. The van der Waals surface area contributed by atoms with E-state index in [1.54, 1.807) is 4.90 Å². The largest absolute Gasteiger partial charge is 0.329 e. The predicted molar refractivity (Wildman–Crippen MR) is 111 cm³/mol. The van der Waals surface area contributed by atoms with E-state index in [0.29, 0.717) is 5.56 Å². The van der Waals surface area contributed by atoms with E-state index in [1.807, 2.05) is 31.2 Å². The van der Waals surface area contributed by atoms with Crippen molar-refractivity contribution in [1.29, 1.82) is 0 Å². The van der Waals surface area contributed by atoms with Gasteiger partial charge in [0.15, 0.2) is 5.78 Å². The lowest BCUT2D eigenvalue weighted by Gasteiger charge is -2.41. The Morgan fingerprint density at radius 2 is 1.67 bits per heavy atom. The summed E-state index contributed by atoms with van der Waals surface area (Å²) in [6.07, 6.45) is 5.71. The predicted octanol–water partition coefficient (Wildman–Crippen LogP) is 5.10. The fourth-order valence-electron chi connectivity index (χ4n) is 5.16. The standard InChI is InChI=1S/C25H27F2NO2/c1-17-5-7-19(8-6-17)23-15-25(9-3-2-4-10-25)28(24(23)30)16-22(29)13-18-11-20(26)14-21(27)12-18/h5-8,11-12,14,23H,2-4,9-10,13,15-16H2,1H3. The van der Waals surface area contributed by atoms with Crippen molar-refractivity contribution < 1.29 is 18.4 Å². The Morgan fingerprint density at radius 1 is 1.03 bits per heavy atom. The maximum atomic E-state index is 13.5. The van der Waals surface area contributed by atoms with Gasteiger partial charge in [0, 0.05) is 18.0 Å². The number of amides is 1. The molecule has 4 rings (SSSR count). The second-order valence-corrected chi connectivity index (χ2v) is 8.87. The lowest BCUT2D eigenvalue weighted by atomic mass is 9.77. The second-order valence-electron chi connectivity index (χ2n) is 8.87. The highest BCUT2D eigenvalue weighted by molar-refractivity contribution is 5.92. The highest BCUT2D eigenvalue weighted by Crippen LogP contribution is 2.47. The number of carbonyl (C=O) groups excluding carboxylic acids is 2. The van der Waals surface area contributed by atoms with E-state index in [0.717, 1.165) is 55.7 Å². The van der Waals surface area contributed by atoms with Crippen LogP contribution in [-0.4, -0.2) is 28.7 Å². The van der Waals surface area contributed by atoms with Gasteiger partial charge in [0.1, 0.15) is 11.6 Å². The Balaban J connectivity index is 1.56. The molecule has 2 aliphatic rings. The van der Waals surface area contributed by atoms with Crippen LogP contribution in [-0.2, 0) is 16.0 Å². The molecule has 158 valence electrons. The molecule has 1 aliphatic heterocycles. The summed E-state index contributed by atoms with van der Waals surface area (Å²) in [5.74, 6) is -1.82. The van der Waals surface area contributed by atoms with Crippen LogP contribution >= 0.6 is 0 Å². The Hall–Kier alpha value is -2.56. The van der Waals surface area contributed by atoms with Crippen LogP contribution in [0.25, 0.3) is 0 Å². The molecule has 5 heteroatoms. The minimum absolute atomic E-state index is 0.000439. The summed E-state index contributed by atoms with van der Waals surface area (Å²) in [4.78, 5) is 28.0. The van der Waals surface area contributed by atoms with Crippen LogP contribution in [0.2, 0.25) is 0 Å². The molecule has 1 saturated heterocycles. The van der Waals surface area contributed by atoms with Crippen LogP contribution in [0.15, 0.2) is 42.5 Å². The van der Waals surface area contributed by atoms with Gasteiger partial charge in [-0.05, 0) is 49.4 Å². The van der Waals surface area contributed by atoms with E-state index in [2.05, 4.69) is 0 Å². The highest BCUT2D eigenvalue weighted by atomic mass is 19.1. The molecule has 1 amide bonds. The number of benzene rings is 2. The molecule has 1 heterocycles. The smallest absolute Gasteiger partial charge is 0.231 e. The van der Waals surface area contributed by atoms with E-state index in [9.17, 15) is 18.4 Å². The number of carbonyl (C=O) groups is 2. The van der Waals surface area contributed by atoms with Gasteiger partial charge in [-0.1, -0.05) is 49.1 Å². The summed E-state index contributed by atoms with van der Waals surface area (Å²) in [5.41, 5.74) is 2.16. The fourth-order valence-corrected chi connectivity index (χ4v) is 5.16. The first kappa shape index (κ1) is 20.7. The maximum absolute atomic E-state index is 13.5. The summed E-state index contributed by atoms with van der Waals surface area (Å²) in [5, 5.41) is 0. The molecular formula is C25H27F2NO2. The van der Waals surface area contributed by atoms with Gasteiger partial charge < -0.3 is 4.90 Å². The zero-order valence-electron chi connectivity index (χ0n) is 17.3. The number of ketones is 1. The molecule has 1 unspecified atom stereocenters. The first-order valence-corrected chi connectivity index (χ1v) is 10.7. The highest BCUT2D eigenvalue weighted by Gasteiger charge is 2.51. The van der Waals surface area contributed by atoms with Crippen LogP contribution in [0.1, 0.15) is 61.1 Å². The molecule has 0 N–H and O–H groups in total. The molecule has 1 saturated carbocycles. The zero-order chi connectivity index (χ0) is 21.3. The molecule has 0 radical (unpaired) electrons.